The number of hydrogen-bond donors (Lipinski definition) is 3. The van der Waals surface area contributed by atoms with Gasteiger partial charge in [0.25, 0.3) is 5.91 Å². The third-order valence-corrected chi connectivity index (χ3v) is 15.2. The van der Waals surface area contributed by atoms with Gasteiger partial charge in [-0.25, -0.2) is 4.21 Å². The SMILES string of the molecule is CC1C/C=C/C(N2CCN3CCCCC3C2)C2CCC2CN2CC3(CCCc4cc(Cl)ccc43)COc3ccc(cc32)C(=O)NS(=O)C1CCO.CO. The highest BCUT2D eigenvalue weighted by Crippen LogP contribution is 2.47. The summed E-state index contributed by atoms with van der Waals surface area (Å²) in [5, 5.41) is 17.4. The summed E-state index contributed by atoms with van der Waals surface area (Å²) in [6.45, 7) is 8.93. The molecule has 8 unspecified atom stereocenters. The number of allylic oxidation sites excluding steroid dienone is 1. The molecule has 4 heterocycles. The third kappa shape index (κ3) is 8.10. The zero-order chi connectivity index (χ0) is 37.1. The molecule has 2 aliphatic carbocycles. The lowest BCUT2D eigenvalue weighted by atomic mass is 9.67. The number of fused-ring (bicyclic) bond motifs is 5. The van der Waals surface area contributed by atoms with Gasteiger partial charge in [0.15, 0.2) is 0 Å². The fourth-order valence-electron chi connectivity index (χ4n) is 10.3. The minimum absolute atomic E-state index is 0.0378. The number of nitrogens with one attached hydrogen (secondary N) is 1. The number of halogens is 1. The van der Waals surface area contributed by atoms with E-state index in [0.29, 0.717) is 42.5 Å². The molecule has 3 N–H and O–H groups in total. The molecule has 1 saturated carbocycles. The van der Waals surface area contributed by atoms with Gasteiger partial charge in [0.05, 0.1) is 17.5 Å². The summed E-state index contributed by atoms with van der Waals surface area (Å²) in [4.78, 5) is 21.8. The van der Waals surface area contributed by atoms with Crippen LogP contribution in [0.1, 0.15) is 86.2 Å². The number of piperidine rings is 1. The minimum Gasteiger partial charge on any atom is -0.490 e. The summed E-state index contributed by atoms with van der Waals surface area (Å²) < 4.78 is 23.3. The molecule has 0 aromatic heterocycles. The second-order valence-corrected chi connectivity index (χ2v) is 18.2. The fraction of sp³-hybridized carbons (Fsp3) is 0.643. The largest absolute Gasteiger partial charge is 0.490 e. The Labute approximate surface area is 323 Å². The van der Waals surface area contributed by atoms with E-state index in [2.05, 4.69) is 50.6 Å². The maximum absolute atomic E-state index is 13.7. The Kier molecular flexibility index (Phi) is 12.5. The summed E-state index contributed by atoms with van der Waals surface area (Å²) >= 11 is 6.51. The molecule has 6 aliphatic rings. The van der Waals surface area contributed by atoms with Crippen molar-refractivity contribution in [2.45, 2.75) is 93.9 Å². The van der Waals surface area contributed by atoms with Gasteiger partial charge >= 0.3 is 0 Å². The maximum Gasteiger partial charge on any atom is 0.263 e. The van der Waals surface area contributed by atoms with Gasteiger partial charge in [-0.2, -0.15) is 0 Å². The Hall–Kier alpha value is -2.47. The van der Waals surface area contributed by atoms with Crippen LogP contribution in [0.3, 0.4) is 0 Å². The van der Waals surface area contributed by atoms with Crippen molar-refractivity contribution in [3.63, 3.8) is 0 Å². The Morgan fingerprint density at radius 1 is 1.02 bits per heavy atom. The summed E-state index contributed by atoms with van der Waals surface area (Å²) in [7, 11) is -0.646. The van der Waals surface area contributed by atoms with E-state index in [1.165, 1.54) is 49.8 Å². The van der Waals surface area contributed by atoms with Gasteiger partial charge in [-0.3, -0.25) is 19.3 Å². The number of anilines is 1. The number of aryl methyl sites for hydroxylation is 1. The number of aliphatic hydroxyl groups is 2. The van der Waals surface area contributed by atoms with Crippen molar-refractivity contribution in [1.82, 2.24) is 14.5 Å². The number of aliphatic hydroxyl groups excluding tert-OH is 2. The van der Waals surface area contributed by atoms with Crippen molar-refractivity contribution < 1.29 is 24.0 Å². The van der Waals surface area contributed by atoms with Crippen LogP contribution < -0.4 is 14.4 Å². The van der Waals surface area contributed by atoms with Crippen LogP contribution >= 0.6 is 11.6 Å². The van der Waals surface area contributed by atoms with E-state index >= 15 is 0 Å². The van der Waals surface area contributed by atoms with Gasteiger partial charge in [-0.15, -0.1) is 0 Å². The predicted octanol–water partition coefficient (Wildman–Crippen LogP) is 5.73. The summed E-state index contributed by atoms with van der Waals surface area (Å²) in [6.07, 6.45) is 15.4. The Balaban J connectivity index is 0.00000214. The number of rotatable bonds is 3. The average molecular weight is 767 g/mol. The molecule has 1 spiro atoms. The second kappa shape index (κ2) is 17.1. The van der Waals surface area contributed by atoms with E-state index in [1.54, 1.807) is 6.07 Å². The third-order valence-electron chi connectivity index (χ3n) is 13.3. The molecule has 4 aliphatic heterocycles. The average Bonchev–Trinajstić information content (AvgIpc) is 3.31. The summed E-state index contributed by atoms with van der Waals surface area (Å²) in [5.74, 6) is 1.54. The molecule has 2 aromatic rings. The number of carbonyl (C=O) groups excluding carboxylic acids is 1. The molecule has 3 fully saturated rings. The van der Waals surface area contributed by atoms with E-state index in [1.807, 2.05) is 18.2 Å². The van der Waals surface area contributed by atoms with Crippen LogP contribution in [0.2, 0.25) is 5.02 Å². The van der Waals surface area contributed by atoms with Crippen LogP contribution in [0.4, 0.5) is 5.69 Å². The van der Waals surface area contributed by atoms with Crippen LogP contribution in [-0.4, -0.2) is 107 Å². The Morgan fingerprint density at radius 3 is 2.68 bits per heavy atom. The first-order valence-electron chi connectivity index (χ1n) is 20.0. The molecule has 2 bridgehead atoms. The first kappa shape index (κ1) is 38.8. The molecule has 0 radical (unpaired) electrons. The Morgan fingerprint density at radius 2 is 1.87 bits per heavy atom. The smallest absolute Gasteiger partial charge is 0.263 e. The molecule has 1 amide bonds. The van der Waals surface area contributed by atoms with Crippen molar-refractivity contribution in [3.05, 3.63) is 70.3 Å². The number of piperazine rings is 1. The minimum atomic E-state index is -1.65. The molecule has 2 saturated heterocycles. The fourth-order valence-corrected chi connectivity index (χ4v) is 11.8. The van der Waals surface area contributed by atoms with Crippen molar-refractivity contribution >= 4 is 34.2 Å². The van der Waals surface area contributed by atoms with Gasteiger partial charge in [-0.05, 0) is 124 Å². The van der Waals surface area contributed by atoms with E-state index < -0.39 is 11.0 Å². The molecule has 11 heteroatoms. The van der Waals surface area contributed by atoms with E-state index in [4.69, 9.17) is 21.4 Å². The van der Waals surface area contributed by atoms with Crippen LogP contribution in [0.5, 0.6) is 5.75 Å². The summed E-state index contributed by atoms with van der Waals surface area (Å²) in [5.41, 5.74) is 3.91. The lowest BCUT2D eigenvalue weighted by Crippen LogP contribution is -2.60. The maximum atomic E-state index is 13.7. The predicted molar refractivity (Wildman–Crippen MR) is 213 cm³/mol. The number of benzene rings is 2. The quantitative estimate of drug-likeness (QED) is 0.341. The van der Waals surface area contributed by atoms with Crippen LogP contribution in [0.15, 0.2) is 48.6 Å². The lowest BCUT2D eigenvalue weighted by Gasteiger charge is -2.52. The van der Waals surface area contributed by atoms with Gasteiger partial charge in [-0.1, -0.05) is 43.2 Å². The molecule has 8 rings (SSSR count). The first-order chi connectivity index (χ1) is 25.8. The number of nitrogens with zero attached hydrogens (tertiary/aromatic N) is 3. The molecular formula is C42H59ClN4O5S. The molecule has 9 nitrogen and oxygen atoms in total. The van der Waals surface area contributed by atoms with Crippen molar-refractivity contribution in [3.8, 4) is 5.75 Å². The number of carbonyl (C=O) groups is 1. The monoisotopic (exact) mass is 766 g/mol. The lowest BCUT2D eigenvalue weighted by molar-refractivity contribution is -0.00159. The standard InChI is InChI=1S/C41H55ClN4O4S.CH4O/c1-28-6-4-9-36(45-20-19-44-18-3-2-8-33(44)25-45)34-13-10-31(34)24-46-26-41(17-5-7-29-22-32(42)12-14-35(29)41)27-50-38-15-11-30(23-37(38)46)40(48)43-51(49)39(28)16-21-47;1-2/h4,9,11-12,14-15,22-23,28,31,33-34,36,39,47H,2-3,5-8,10,13,16-21,24-27H2,1H3,(H,43,48);2H,1H3/b9-4+;. The Bertz CT molecular complexity index is 1660. The number of hydrogen-bond acceptors (Lipinski definition) is 8. The van der Waals surface area contributed by atoms with Crippen LogP contribution in [0.25, 0.3) is 0 Å². The highest BCUT2D eigenvalue weighted by atomic mass is 35.5. The molecule has 2 aromatic carbocycles. The molecular weight excluding hydrogens is 708 g/mol. The normalized spacial score (nSPS) is 34.1. The van der Waals surface area contributed by atoms with Gasteiger partial charge < -0.3 is 19.8 Å². The van der Waals surface area contributed by atoms with Crippen molar-refractivity contribution in [2.75, 3.05) is 64.5 Å². The van der Waals surface area contributed by atoms with Crippen LogP contribution in [-0.2, 0) is 22.8 Å². The van der Waals surface area contributed by atoms with Crippen LogP contribution in [0, 0.1) is 17.8 Å². The molecule has 53 heavy (non-hydrogen) atoms. The molecule has 290 valence electrons. The topological polar surface area (TPSA) is 106 Å². The van der Waals surface area contributed by atoms with E-state index in [-0.39, 0.29) is 29.1 Å². The van der Waals surface area contributed by atoms with Crippen molar-refractivity contribution in [1.29, 1.82) is 0 Å². The van der Waals surface area contributed by atoms with Gasteiger partial charge in [0, 0.05) is 74.5 Å². The first-order valence-corrected chi connectivity index (χ1v) is 21.6. The number of ether oxygens (including phenoxy) is 1. The molecule has 8 atom stereocenters. The van der Waals surface area contributed by atoms with Crippen molar-refractivity contribution in [2.24, 2.45) is 17.8 Å². The summed E-state index contributed by atoms with van der Waals surface area (Å²) in [6, 6.07) is 13.1. The number of amides is 1. The zero-order valence-corrected chi connectivity index (χ0v) is 33.1. The highest BCUT2D eigenvalue weighted by molar-refractivity contribution is 7.84. The van der Waals surface area contributed by atoms with Gasteiger partial charge in [0.2, 0.25) is 0 Å². The zero-order valence-electron chi connectivity index (χ0n) is 31.6. The second-order valence-electron chi connectivity index (χ2n) is 16.4. The van der Waals surface area contributed by atoms with E-state index in [0.717, 1.165) is 82.0 Å². The highest BCUT2D eigenvalue weighted by Gasteiger charge is 2.46. The van der Waals surface area contributed by atoms with Gasteiger partial charge in [0.1, 0.15) is 16.7 Å². The van der Waals surface area contributed by atoms with E-state index in [9.17, 15) is 14.1 Å².